The van der Waals surface area contributed by atoms with Crippen molar-refractivity contribution < 1.29 is 4.79 Å². The second-order valence-corrected chi connectivity index (χ2v) is 6.22. The third kappa shape index (κ3) is 3.22. The molecule has 0 unspecified atom stereocenters. The molecule has 23 heavy (non-hydrogen) atoms. The number of hydrogen-bond acceptors (Lipinski definition) is 2. The zero-order chi connectivity index (χ0) is 16.6. The molecular formula is C18H18ClN3O. The first-order chi connectivity index (χ1) is 10.9. The lowest BCUT2D eigenvalue weighted by atomic mass is 10.0. The molecule has 5 heteroatoms. The van der Waals surface area contributed by atoms with Crippen LogP contribution in [0.5, 0.6) is 0 Å². The van der Waals surface area contributed by atoms with Gasteiger partial charge in [-0.3, -0.25) is 10.1 Å². The monoisotopic (exact) mass is 327 g/mol. The normalized spacial score (nSPS) is 11.0. The summed E-state index contributed by atoms with van der Waals surface area (Å²) < 4.78 is 1.85. The van der Waals surface area contributed by atoms with E-state index in [1.54, 1.807) is 6.07 Å². The van der Waals surface area contributed by atoms with E-state index in [-0.39, 0.29) is 5.91 Å². The first kappa shape index (κ1) is 15.6. The van der Waals surface area contributed by atoms with Crippen molar-refractivity contribution in [3.05, 3.63) is 58.1 Å². The molecule has 2 aromatic carbocycles. The molecule has 1 amide bonds. The minimum atomic E-state index is -0.0804. The van der Waals surface area contributed by atoms with Crippen LogP contribution < -0.4 is 5.32 Å². The van der Waals surface area contributed by atoms with E-state index in [0.29, 0.717) is 17.4 Å². The van der Waals surface area contributed by atoms with E-state index in [4.69, 9.17) is 11.6 Å². The van der Waals surface area contributed by atoms with Crippen LogP contribution in [-0.2, 0) is 18.3 Å². The van der Waals surface area contributed by atoms with Gasteiger partial charge in [0.15, 0.2) is 0 Å². The van der Waals surface area contributed by atoms with Crippen molar-refractivity contribution >= 4 is 34.5 Å². The highest BCUT2D eigenvalue weighted by Crippen LogP contribution is 2.22. The summed E-state index contributed by atoms with van der Waals surface area (Å²) >= 11 is 5.99. The van der Waals surface area contributed by atoms with E-state index in [1.165, 1.54) is 0 Å². The van der Waals surface area contributed by atoms with Gasteiger partial charge in [0, 0.05) is 12.1 Å². The molecule has 1 N–H and O–H groups in total. The highest BCUT2D eigenvalue weighted by molar-refractivity contribution is 6.31. The molecule has 1 heterocycles. The van der Waals surface area contributed by atoms with Gasteiger partial charge in [-0.05, 0) is 43.2 Å². The molecule has 4 nitrogen and oxygen atoms in total. The van der Waals surface area contributed by atoms with Crippen molar-refractivity contribution in [3.63, 3.8) is 0 Å². The van der Waals surface area contributed by atoms with Crippen molar-refractivity contribution in [2.75, 3.05) is 5.32 Å². The summed E-state index contributed by atoms with van der Waals surface area (Å²) in [5, 5.41) is 3.51. The molecule has 0 bridgehead atoms. The number of nitrogens with one attached hydrogen (secondary N) is 1. The fourth-order valence-electron chi connectivity index (χ4n) is 2.62. The smallest absolute Gasteiger partial charge is 0.231 e. The molecule has 0 spiro atoms. The number of hydrogen-bond donors (Lipinski definition) is 1. The van der Waals surface area contributed by atoms with Gasteiger partial charge in [-0.25, -0.2) is 4.98 Å². The summed E-state index contributed by atoms with van der Waals surface area (Å²) in [4.78, 5) is 16.8. The third-order valence-electron chi connectivity index (χ3n) is 3.95. The van der Waals surface area contributed by atoms with Crippen molar-refractivity contribution in [1.82, 2.24) is 9.55 Å². The summed E-state index contributed by atoms with van der Waals surface area (Å²) in [7, 11) is 1.87. The summed E-state index contributed by atoms with van der Waals surface area (Å²) in [6.45, 7) is 4.04. The number of carbonyl (C=O) groups is 1. The van der Waals surface area contributed by atoms with E-state index in [2.05, 4.69) is 10.3 Å². The van der Waals surface area contributed by atoms with E-state index >= 15 is 0 Å². The average Bonchev–Trinajstić information content (AvgIpc) is 2.78. The van der Waals surface area contributed by atoms with Crippen molar-refractivity contribution in [1.29, 1.82) is 0 Å². The minimum absolute atomic E-state index is 0.0804. The lowest BCUT2D eigenvalue weighted by Crippen LogP contribution is -2.17. The summed E-state index contributed by atoms with van der Waals surface area (Å²) in [5.74, 6) is 0.445. The molecule has 0 fully saturated rings. The highest BCUT2D eigenvalue weighted by atomic mass is 35.5. The van der Waals surface area contributed by atoms with Crippen LogP contribution in [0.2, 0.25) is 5.02 Å². The number of anilines is 1. The minimum Gasteiger partial charge on any atom is -0.313 e. The Labute approximate surface area is 140 Å². The van der Waals surface area contributed by atoms with Gasteiger partial charge in [0.1, 0.15) is 0 Å². The number of carbonyl (C=O) groups excluding carboxylic acids is 1. The molecule has 3 rings (SSSR count). The van der Waals surface area contributed by atoms with Crippen LogP contribution in [-0.4, -0.2) is 15.5 Å². The Morgan fingerprint density at radius 1 is 1.22 bits per heavy atom. The van der Waals surface area contributed by atoms with Crippen LogP contribution in [0.15, 0.2) is 36.4 Å². The maximum Gasteiger partial charge on any atom is 0.231 e. The van der Waals surface area contributed by atoms with Gasteiger partial charge in [-0.2, -0.15) is 0 Å². The standard InChI is InChI=1S/C18H18ClN3O/c1-11-4-5-12(2)13(8-11)9-17(23)21-18-20-15-10-14(19)6-7-16(15)22(18)3/h4-8,10H,9H2,1-3H3,(H,20,21,23). The number of amides is 1. The lowest BCUT2D eigenvalue weighted by molar-refractivity contribution is -0.115. The van der Waals surface area contributed by atoms with Crippen molar-refractivity contribution in [2.24, 2.45) is 7.05 Å². The third-order valence-corrected chi connectivity index (χ3v) is 4.18. The predicted octanol–water partition coefficient (Wildman–Crippen LogP) is 4.02. The van der Waals surface area contributed by atoms with Gasteiger partial charge in [0.05, 0.1) is 17.5 Å². The first-order valence-corrected chi connectivity index (χ1v) is 7.80. The van der Waals surface area contributed by atoms with E-state index in [9.17, 15) is 4.79 Å². The number of benzene rings is 2. The van der Waals surface area contributed by atoms with Gasteiger partial charge in [0.2, 0.25) is 11.9 Å². The molecule has 3 aromatic rings. The molecule has 118 valence electrons. The van der Waals surface area contributed by atoms with Crippen LogP contribution in [0, 0.1) is 13.8 Å². The van der Waals surface area contributed by atoms with Gasteiger partial charge in [-0.1, -0.05) is 35.4 Å². The number of rotatable bonds is 3. The fraction of sp³-hybridized carbons (Fsp3) is 0.222. The second-order valence-electron chi connectivity index (χ2n) is 5.78. The van der Waals surface area contributed by atoms with E-state index in [1.807, 2.05) is 55.8 Å². The molecule has 0 radical (unpaired) electrons. The predicted molar refractivity (Wildman–Crippen MR) is 94.0 cm³/mol. The Bertz CT molecular complexity index is 899. The molecule has 0 atom stereocenters. The maximum absolute atomic E-state index is 12.4. The second kappa shape index (κ2) is 6.05. The molecule has 0 aliphatic rings. The maximum atomic E-state index is 12.4. The van der Waals surface area contributed by atoms with Gasteiger partial charge >= 0.3 is 0 Å². The molecule has 0 saturated carbocycles. The van der Waals surface area contributed by atoms with Crippen LogP contribution >= 0.6 is 11.6 Å². The Kier molecular flexibility index (Phi) is 4.09. The lowest BCUT2D eigenvalue weighted by Gasteiger charge is -2.08. The van der Waals surface area contributed by atoms with Gasteiger partial charge in [-0.15, -0.1) is 0 Å². The molecule has 0 aliphatic heterocycles. The average molecular weight is 328 g/mol. The summed E-state index contributed by atoms with van der Waals surface area (Å²) in [6, 6.07) is 11.6. The van der Waals surface area contributed by atoms with Crippen LogP contribution in [0.1, 0.15) is 16.7 Å². The topological polar surface area (TPSA) is 46.9 Å². The Hall–Kier alpha value is -2.33. The summed E-state index contributed by atoms with van der Waals surface area (Å²) in [5.41, 5.74) is 4.99. The SMILES string of the molecule is Cc1ccc(C)c(CC(=O)Nc2nc3cc(Cl)ccc3n2C)c1. The molecule has 1 aromatic heterocycles. The van der Waals surface area contributed by atoms with Gasteiger partial charge < -0.3 is 4.57 Å². The first-order valence-electron chi connectivity index (χ1n) is 7.42. The van der Waals surface area contributed by atoms with Crippen LogP contribution in [0.3, 0.4) is 0 Å². The van der Waals surface area contributed by atoms with Gasteiger partial charge in [0.25, 0.3) is 0 Å². The van der Waals surface area contributed by atoms with Crippen molar-refractivity contribution in [2.45, 2.75) is 20.3 Å². The number of nitrogens with zero attached hydrogens (tertiary/aromatic N) is 2. The Balaban J connectivity index is 1.83. The number of fused-ring (bicyclic) bond motifs is 1. The molecular weight excluding hydrogens is 310 g/mol. The largest absolute Gasteiger partial charge is 0.313 e. The zero-order valence-electron chi connectivity index (χ0n) is 13.4. The quantitative estimate of drug-likeness (QED) is 0.789. The molecule has 0 saturated heterocycles. The number of aryl methyl sites for hydroxylation is 3. The zero-order valence-corrected chi connectivity index (χ0v) is 14.1. The Morgan fingerprint density at radius 2 is 2.00 bits per heavy atom. The van der Waals surface area contributed by atoms with Crippen molar-refractivity contribution in [3.8, 4) is 0 Å². The number of aromatic nitrogens is 2. The number of imidazole rings is 1. The highest BCUT2D eigenvalue weighted by Gasteiger charge is 2.12. The van der Waals surface area contributed by atoms with Crippen LogP contribution in [0.4, 0.5) is 5.95 Å². The van der Waals surface area contributed by atoms with Crippen LogP contribution in [0.25, 0.3) is 11.0 Å². The fourth-order valence-corrected chi connectivity index (χ4v) is 2.78. The van der Waals surface area contributed by atoms with E-state index < -0.39 is 0 Å². The summed E-state index contributed by atoms with van der Waals surface area (Å²) in [6.07, 6.45) is 0.331. The Morgan fingerprint density at radius 3 is 2.78 bits per heavy atom. The number of halogens is 1. The van der Waals surface area contributed by atoms with E-state index in [0.717, 1.165) is 27.7 Å². The molecule has 0 aliphatic carbocycles.